The highest BCUT2D eigenvalue weighted by Gasteiger charge is 2.27. The van der Waals surface area contributed by atoms with E-state index in [0.717, 1.165) is 45.1 Å². The molecule has 0 aromatic heterocycles. The molecule has 5 atom stereocenters. The van der Waals surface area contributed by atoms with Gasteiger partial charge in [-0.15, -0.1) is 0 Å². The molecule has 0 saturated carbocycles. The molecule has 0 radical (unpaired) electrons. The molecule has 2 rings (SSSR count). The van der Waals surface area contributed by atoms with Crippen LogP contribution in [-0.4, -0.2) is 50.7 Å². The van der Waals surface area contributed by atoms with Crippen molar-refractivity contribution in [2.75, 3.05) is 19.8 Å². The molecule has 0 bridgehead atoms. The average Bonchev–Trinajstić information content (AvgIpc) is 2.65. The molecule has 148 valence electrons. The molecule has 0 aromatic rings. The molecular weight excluding hydrogens is 320 g/mol. The average molecular weight is 359 g/mol. The Morgan fingerprint density at radius 1 is 0.960 bits per heavy atom. The highest BCUT2D eigenvalue weighted by molar-refractivity contribution is 4.73. The fourth-order valence-electron chi connectivity index (χ4n) is 3.35. The summed E-state index contributed by atoms with van der Waals surface area (Å²) in [5.41, 5.74) is 0. The van der Waals surface area contributed by atoms with Crippen molar-refractivity contribution < 1.29 is 23.7 Å². The van der Waals surface area contributed by atoms with Crippen molar-refractivity contribution in [1.29, 1.82) is 0 Å². The van der Waals surface area contributed by atoms with Crippen molar-refractivity contribution >= 4 is 0 Å². The van der Waals surface area contributed by atoms with Crippen LogP contribution in [0, 0.1) is 5.92 Å². The second-order valence-corrected chi connectivity index (χ2v) is 7.58. The summed E-state index contributed by atoms with van der Waals surface area (Å²) in [5, 5.41) is 0. The molecule has 0 amide bonds. The van der Waals surface area contributed by atoms with E-state index >= 15 is 0 Å². The molecule has 2 fully saturated rings. The molecule has 0 N–H and O–H groups in total. The largest absolute Gasteiger partial charge is 0.375 e. The predicted octanol–water partition coefficient (Wildman–Crippen LogP) is 4.28. The molecule has 5 unspecified atom stereocenters. The van der Waals surface area contributed by atoms with Crippen molar-refractivity contribution in [3.63, 3.8) is 0 Å². The highest BCUT2D eigenvalue weighted by Crippen LogP contribution is 2.23. The molecule has 25 heavy (non-hydrogen) atoms. The summed E-state index contributed by atoms with van der Waals surface area (Å²) in [5.74, 6) is 0.573. The lowest BCUT2D eigenvalue weighted by molar-refractivity contribution is -0.235. The van der Waals surface area contributed by atoms with Gasteiger partial charge in [0, 0.05) is 6.61 Å². The van der Waals surface area contributed by atoms with Gasteiger partial charge in [-0.2, -0.15) is 0 Å². The quantitative estimate of drug-likeness (QED) is 0.545. The van der Waals surface area contributed by atoms with E-state index in [9.17, 15) is 0 Å². The van der Waals surface area contributed by atoms with Gasteiger partial charge in [0.15, 0.2) is 12.6 Å². The first-order valence-electron chi connectivity index (χ1n) is 10.3. The zero-order chi connectivity index (χ0) is 18.1. The van der Waals surface area contributed by atoms with Crippen LogP contribution in [0.2, 0.25) is 0 Å². The van der Waals surface area contributed by atoms with Crippen molar-refractivity contribution in [3.8, 4) is 0 Å². The Labute approximate surface area is 153 Å². The third-order valence-corrected chi connectivity index (χ3v) is 5.10. The maximum atomic E-state index is 6.12. The summed E-state index contributed by atoms with van der Waals surface area (Å²) in [7, 11) is 0. The van der Waals surface area contributed by atoms with Crippen LogP contribution in [0.15, 0.2) is 0 Å². The van der Waals surface area contributed by atoms with Crippen LogP contribution < -0.4 is 0 Å². The zero-order valence-electron chi connectivity index (χ0n) is 16.6. The van der Waals surface area contributed by atoms with Gasteiger partial charge in [0.05, 0.1) is 31.5 Å². The van der Waals surface area contributed by atoms with Gasteiger partial charge in [0.25, 0.3) is 0 Å². The minimum absolute atomic E-state index is 0.0636. The molecule has 2 aliphatic heterocycles. The molecule has 2 saturated heterocycles. The van der Waals surface area contributed by atoms with Gasteiger partial charge in [-0.3, -0.25) is 0 Å². The monoisotopic (exact) mass is 358 g/mol. The Balaban J connectivity index is 1.67. The van der Waals surface area contributed by atoms with E-state index in [1.807, 2.05) is 0 Å². The van der Waals surface area contributed by atoms with E-state index in [1.165, 1.54) is 6.42 Å². The molecule has 0 spiro atoms. The van der Waals surface area contributed by atoms with Crippen LogP contribution in [0.1, 0.15) is 72.6 Å². The molecule has 2 heterocycles. The first-order valence-corrected chi connectivity index (χ1v) is 10.3. The van der Waals surface area contributed by atoms with Gasteiger partial charge < -0.3 is 23.7 Å². The SMILES string of the molecule is CCC(COC(CC)OC1CCC(C(C)C)OC1)OC1CCCCO1. The number of hydrogen-bond donors (Lipinski definition) is 0. The smallest absolute Gasteiger partial charge is 0.158 e. The maximum absolute atomic E-state index is 6.12. The summed E-state index contributed by atoms with van der Waals surface area (Å²) in [6.45, 7) is 10.7. The van der Waals surface area contributed by atoms with E-state index in [4.69, 9.17) is 23.7 Å². The minimum Gasteiger partial charge on any atom is -0.375 e. The zero-order valence-corrected chi connectivity index (χ0v) is 16.6. The fraction of sp³-hybridized carbons (Fsp3) is 1.00. The lowest BCUT2D eigenvalue weighted by Gasteiger charge is -2.33. The van der Waals surface area contributed by atoms with Gasteiger partial charge in [-0.05, 0) is 50.9 Å². The Morgan fingerprint density at radius 2 is 1.80 bits per heavy atom. The molecular formula is C20H38O5. The van der Waals surface area contributed by atoms with Crippen LogP contribution >= 0.6 is 0 Å². The van der Waals surface area contributed by atoms with Crippen molar-refractivity contribution in [2.24, 2.45) is 5.92 Å². The summed E-state index contributed by atoms with van der Waals surface area (Å²) in [6.07, 6.45) is 7.50. The van der Waals surface area contributed by atoms with E-state index in [1.54, 1.807) is 0 Å². The van der Waals surface area contributed by atoms with Gasteiger partial charge in [-0.1, -0.05) is 27.7 Å². The van der Waals surface area contributed by atoms with Gasteiger partial charge >= 0.3 is 0 Å². The van der Waals surface area contributed by atoms with Crippen LogP contribution in [0.4, 0.5) is 0 Å². The first kappa shape index (κ1) is 21.1. The van der Waals surface area contributed by atoms with E-state index in [2.05, 4.69) is 27.7 Å². The third-order valence-electron chi connectivity index (χ3n) is 5.10. The molecule has 0 aliphatic carbocycles. The van der Waals surface area contributed by atoms with Crippen molar-refractivity contribution in [3.05, 3.63) is 0 Å². The minimum atomic E-state index is -0.186. The molecule has 0 aromatic carbocycles. The standard InChI is InChI=1S/C20H38O5/c1-5-16(24-20-9-7-8-12-21-20)13-23-19(6-2)25-17-10-11-18(15(3)4)22-14-17/h15-20H,5-14H2,1-4H3. The topological polar surface area (TPSA) is 46.2 Å². The highest BCUT2D eigenvalue weighted by atomic mass is 16.7. The van der Waals surface area contributed by atoms with Gasteiger partial charge in [-0.25, -0.2) is 0 Å². The van der Waals surface area contributed by atoms with Gasteiger partial charge in [0.2, 0.25) is 0 Å². The molecule has 5 heteroatoms. The van der Waals surface area contributed by atoms with Crippen molar-refractivity contribution in [1.82, 2.24) is 0 Å². The van der Waals surface area contributed by atoms with E-state index < -0.39 is 0 Å². The van der Waals surface area contributed by atoms with E-state index in [0.29, 0.717) is 25.2 Å². The first-order chi connectivity index (χ1) is 12.1. The second kappa shape index (κ2) is 11.5. The lowest BCUT2D eigenvalue weighted by Crippen LogP contribution is -2.38. The Hall–Kier alpha value is -0.200. The Morgan fingerprint density at radius 3 is 2.36 bits per heavy atom. The van der Waals surface area contributed by atoms with Crippen LogP contribution in [-0.2, 0) is 23.7 Å². The summed E-state index contributed by atoms with van der Waals surface area (Å²) in [4.78, 5) is 0. The van der Waals surface area contributed by atoms with Gasteiger partial charge in [0.1, 0.15) is 0 Å². The number of ether oxygens (including phenoxy) is 5. The number of hydrogen-bond acceptors (Lipinski definition) is 5. The van der Waals surface area contributed by atoms with Crippen LogP contribution in [0.25, 0.3) is 0 Å². The fourth-order valence-corrected chi connectivity index (χ4v) is 3.35. The normalized spacial score (nSPS) is 30.4. The Bertz CT molecular complexity index is 335. The second-order valence-electron chi connectivity index (χ2n) is 7.58. The summed E-state index contributed by atoms with van der Waals surface area (Å²) < 4.78 is 29.8. The predicted molar refractivity (Wildman–Crippen MR) is 97.5 cm³/mol. The maximum Gasteiger partial charge on any atom is 0.158 e. The molecule has 5 nitrogen and oxygen atoms in total. The Kier molecular flexibility index (Phi) is 9.71. The van der Waals surface area contributed by atoms with Crippen LogP contribution in [0.3, 0.4) is 0 Å². The van der Waals surface area contributed by atoms with E-state index in [-0.39, 0.29) is 24.8 Å². The number of rotatable bonds is 10. The molecule has 2 aliphatic rings. The van der Waals surface area contributed by atoms with Crippen molar-refractivity contribution in [2.45, 2.75) is 104 Å². The summed E-state index contributed by atoms with van der Waals surface area (Å²) >= 11 is 0. The summed E-state index contributed by atoms with van der Waals surface area (Å²) in [6, 6.07) is 0. The third kappa shape index (κ3) is 7.51. The van der Waals surface area contributed by atoms with Crippen LogP contribution in [0.5, 0.6) is 0 Å². The lowest BCUT2D eigenvalue weighted by atomic mass is 9.98.